The van der Waals surface area contributed by atoms with Crippen LogP contribution in [-0.2, 0) is 4.79 Å². The van der Waals surface area contributed by atoms with E-state index in [1.807, 2.05) is 0 Å². The Bertz CT molecular complexity index is 573. The molecule has 0 saturated heterocycles. The zero-order valence-corrected chi connectivity index (χ0v) is 7.56. The fourth-order valence-electron chi connectivity index (χ4n) is 1.32. The molecule has 1 aromatic heterocycles. The van der Waals surface area contributed by atoms with Crippen LogP contribution in [0.5, 0.6) is 5.75 Å². The van der Waals surface area contributed by atoms with Crippen LogP contribution in [0.1, 0.15) is 0 Å². The van der Waals surface area contributed by atoms with Crippen molar-refractivity contribution in [2.45, 2.75) is 0 Å². The molecule has 2 aromatic rings. The average Bonchev–Trinajstić information content (AvgIpc) is 2.24. The van der Waals surface area contributed by atoms with E-state index in [1.165, 1.54) is 0 Å². The van der Waals surface area contributed by atoms with Gasteiger partial charge in [-0.1, -0.05) is 12.1 Å². The Labute approximate surface area is 83.9 Å². The number of nitrogens with one attached hydrogen (secondary N) is 1. The van der Waals surface area contributed by atoms with Gasteiger partial charge in [-0.2, -0.15) is 0 Å². The van der Waals surface area contributed by atoms with Crippen molar-refractivity contribution in [3.63, 3.8) is 0 Å². The van der Waals surface area contributed by atoms with Crippen molar-refractivity contribution in [1.29, 1.82) is 0 Å². The predicted octanol–water partition coefficient (Wildman–Crippen LogP) is 1.07. The lowest BCUT2D eigenvalue weighted by atomic mass is 10.2. The first kappa shape index (κ1) is 9.26. The minimum absolute atomic E-state index is 0.247. The number of amides is 1. The van der Waals surface area contributed by atoms with Crippen molar-refractivity contribution >= 4 is 23.1 Å². The van der Waals surface area contributed by atoms with Gasteiger partial charge in [0.15, 0.2) is 11.4 Å². The number of rotatable bonds is 2. The third-order valence-corrected chi connectivity index (χ3v) is 1.99. The Balaban J connectivity index is 2.83. The van der Waals surface area contributed by atoms with Crippen LogP contribution in [0.25, 0.3) is 11.0 Å². The Morgan fingerprint density at radius 1 is 1.33 bits per heavy atom. The fraction of sp³-hybridized carbons (Fsp3) is 0. The SMILES string of the molecule is O=CNc1c(O)c2ccccc2oc1=O. The summed E-state index contributed by atoms with van der Waals surface area (Å²) in [6.45, 7) is 0. The van der Waals surface area contributed by atoms with Crippen molar-refractivity contribution in [3.8, 4) is 5.75 Å². The fourth-order valence-corrected chi connectivity index (χ4v) is 1.32. The predicted molar refractivity (Wildman–Crippen MR) is 53.8 cm³/mol. The Kier molecular flexibility index (Phi) is 2.13. The second-order valence-corrected chi connectivity index (χ2v) is 2.87. The molecule has 0 spiro atoms. The number of carbonyl (C=O) groups excluding carboxylic acids is 1. The van der Waals surface area contributed by atoms with Crippen LogP contribution in [0.15, 0.2) is 33.5 Å². The highest BCUT2D eigenvalue weighted by molar-refractivity contribution is 5.90. The molecule has 0 aliphatic carbocycles. The van der Waals surface area contributed by atoms with Gasteiger partial charge >= 0.3 is 5.63 Å². The van der Waals surface area contributed by atoms with E-state index in [2.05, 4.69) is 5.32 Å². The number of para-hydroxylation sites is 1. The highest BCUT2D eigenvalue weighted by Gasteiger charge is 2.12. The summed E-state index contributed by atoms with van der Waals surface area (Å²) in [6.07, 6.45) is 0.306. The summed E-state index contributed by atoms with van der Waals surface area (Å²) >= 11 is 0. The van der Waals surface area contributed by atoms with E-state index in [0.29, 0.717) is 11.8 Å². The van der Waals surface area contributed by atoms with Crippen LogP contribution in [0.3, 0.4) is 0 Å². The molecule has 0 radical (unpaired) electrons. The number of fused-ring (bicyclic) bond motifs is 1. The average molecular weight is 205 g/mol. The molecule has 2 rings (SSSR count). The summed E-state index contributed by atoms with van der Waals surface area (Å²) < 4.78 is 4.89. The van der Waals surface area contributed by atoms with Crippen molar-refractivity contribution < 1.29 is 14.3 Å². The number of carbonyl (C=O) groups is 1. The number of hydrogen-bond acceptors (Lipinski definition) is 4. The Hall–Kier alpha value is -2.30. The lowest BCUT2D eigenvalue weighted by Crippen LogP contribution is -2.09. The maximum Gasteiger partial charge on any atom is 0.364 e. The van der Waals surface area contributed by atoms with Crippen LogP contribution >= 0.6 is 0 Å². The summed E-state index contributed by atoms with van der Waals surface area (Å²) in [4.78, 5) is 21.5. The van der Waals surface area contributed by atoms with Crippen LogP contribution in [0.4, 0.5) is 5.69 Å². The Morgan fingerprint density at radius 3 is 2.80 bits per heavy atom. The summed E-state index contributed by atoms with van der Waals surface area (Å²) in [5.74, 6) is -0.283. The highest BCUT2D eigenvalue weighted by atomic mass is 16.4. The number of benzene rings is 1. The van der Waals surface area contributed by atoms with Gasteiger partial charge in [-0.15, -0.1) is 0 Å². The summed E-state index contributed by atoms with van der Waals surface area (Å²) in [5.41, 5.74) is -0.751. The molecular formula is C10H7NO4. The van der Waals surface area contributed by atoms with Crippen LogP contribution < -0.4 is 10.9 Å². The second-order valence-electron chi connectivity index (χ2n) is 2.87. The quantitative estimate of drug-likeness (QED) is 0.567. The maximum absolute atomic E-state index is 11.3. The monoisotopic (exact) mass is 205 g/mol. The Morgan fingerprint density at radius 2 is 2.07 bits per heavy atom. The normalized spacial score (nSPS) is 10.1. The van der Waals surface area contributed by atoms with Crippen LogP contribution in [-0.4, -0.2) is 11.5 Å². The van der Waals surface area contributed by atoms with E-state index < -0.39 is 5.63 Å². The molecule has 0 atom stereocenters. The first-order valence-electron chi connectivity index (χ1n) is 4.19. The van der Waals surface area contributed by atoms with Crippen molar-refractivity contribution in [2.75, 3.05) is 5.32 Å². The molecule has 0 fully saturated rings. The first-order valence-corrected chi connectivity index (χ1v) is 4.19. The molecule has 1 amide bonds. The van der Waals surface area contributed by atoms with Crippen LogP contribution in [0, 0.1) is 0 Å². The topological polar surface area (TPSA) is 79.5 Å². The van der Waals surface area contributed by atoms with Crippen molar-refractivity contribution in [2.24, 2.45) is 0 Å². The van der Waals surface area contributed by atoms with Crippen molar-refractivity contribution in [3.05, 3.63) is 34.7 Å². The smallest absolute Gasteiger partial charge is 0.364 e. The van der Waals surface area contributed by atoms with Gasteiger partial charge in [-0.25, -0.2) is 4.79 Å². The van der Waals surface area contributed by atoms with Gasteiger partial charge in [0.25, 0.3) is 0 Å². The largest absolute Gasteiger partial charge is 0.505 e. The van der Waals surface area contributed by atoms with Gasteiger partial charge in [0.05, 0.1) is 5.39 Å². The molecule has 5 heteroatoms. The second kappa shape index (κ2) is 3.45. The van der Waals surface area contributed by atoms with E-state index >= 15 is 0 Å². The van der Waals surface area contributed by atoms with Crippen molar-refractivity contribution in [1.82, 2.24) is 0 Å². The van der Waals surface area contributed by atoms with Gasteiger partial charge in [-0.05, 0) is 12.1 Å². The van der Waals surface area contributed by atoms with E-state index in [1.54, 1.807) is 24.3 Å². The molecule has 0 aliphatic heterocycles. The van der Waals surface area contributed by atoms with Gasteiger partial charge < -0.3 is 14.8 Å². The standard InChI is InChI=1S/C10H7NO4/c12-5-11-8-9(13)6-3-1-2-4-7(6)15-10(8)14/h1-5,13H,(H,11,12). The molecular weight excluding hydrogens is 198 g/mol. The minimum Gasteiger partial charge on any atom is -0.505 e. The lowest BCUT2D eigenvalue weighted by molar-refractivity contribution is -0.105. The van der Waals surface area contributed by atoms with E-state index in [0.717, 1.165) is 0 Å². The summed E-state index contributed by atoms with van der Waals surface area (Å²) in [5, 5.41) is 12.2. The third kappa shape index (κ3) is 1.43. The lowest BCUT2D eigenvalue weighted by Gasteiger charge is -2.03. The molecule has 15 heavy (non-hydrogen) atoms. The zero-order valence-electron chi connectivity index (χ0n) is 7.56. The van der Waals surface area contributed by atoms with Gasteiger partial charge in [0.2, 0.25) is 6.41 Å². The molecule has 0 saturated carbocycles. The number of anilines is 1. The van der Waals surface area contributed by atoms with Gasteiger partial charge in [-0.3, -0.25) is 4.79 Å². The molecule has 1 heterocycles. The first-order chi connectivity index (χ1) is 7.24. The summed E-state index contributed by atoms with van der Waals surface area (Å²) in [7, 11) is 0. The van der Waals surface area contributed by atoms with E-state index in [9.17, 15) is 14.7 Å². The molecule has 0 unspecified atom stereocenters. The van der Waals surface area contributed by atoms with Gasteiger partial charge in [0, 0.05) is 0 Å². The molecule has 76 valence electrons. The molecule has 1 aromatic carbocycles. The maximum atomic E-state index is 11.3. The third-order valence-electron chi connectivity index (χ3n) is 1.99. The zero-order chi connectivity index (χ0) is 10.8. The minimum atomic E-state index is -0.779. The number of hydrogen-bond donors (Lipinski definition) is 2. The summed E-state index contributed by atoms with van der Waals surface area (Å²) in [6, 6.07) is 6.51. The van der Waals surface area contributed by atoms with Gasteiger partial charge in [0.1, 0.15) is 5.58 Å². The molecule has 2 N–H and O–H groups in total. The van der Waals surface area contributed by atoms with Crippen LogP contribution in [0.2, 0.25) is 0 Å². The number of aromatic hydroxyl groups is 1. The molecule has 5 nitrogen and oxygen atoms in total. The molecule has 0 bridgehead atoms. The molecule has 0 aliphatic rings. The van der Waals surface area contributed by atoms with E-state index in [-0.39, 0.29) is 17.0 Å². The highest BCUT2D eigenvalue weighted by Crippen LogP contribution is 2.28. The van der Waals surface area contributed by atoms with E-state index in [4.69, 9.17) is 4.42 Å².